The van der Waals surface area contributed by atoms with Crippen molar-refractivity contribution in [1.29, 1.82) is 0 Å². The van der Waals surface area contributed by atoms with Crippen LogP contribution in [0.15, 0.2) is 46.7 Å². The van der Waals surface area contributed by atoms with Crippen LogP contribution in [0, 0.1) is 18.6 Å². The van der Waals surface area contributed by atoms with Gasteiger partial charge in [-0.05, 0) is 36.8 Å². The third-order valence-corrected chi connectivity index (χ3v) is 8.23. The van der Waals surface area contributed by atoms with E-state index in [0.717, 1.165) is 11.2 Å². The maximum absolute atomic E-state index is 13.7. The van der Waals surface area contributed by atoms with Crippen LogP contribution >= 0.6 is 22.9 Å². The van der Waals surface area contributed by atoms with E-state index in [2.05, 4.69) is 4.98 Å². The second-order valence-electron chi connectivity index (χ2n) is 6.95. The number of hydrogen-bond acceptors (Lipinski definition) is 5. The molecule has 10 heteroatoms. The van der Waals surface area contributed by atoms with Gasteiger partial charge < -0.3 is 4.90 Å². The van der Waals surface area contributed by atoms with Crippen molar-refractivity contribution in [1.82, 2.24) is 9.29 Å². The molecule has 1 saturated heterocycles. The first-order chi connectivity index (χ1) is 14.3. The fourth-order valence-electron chi connectivity index (χ4n) is 3.31. The largest absolute Gasteiger partial charge is 0.345 e. The summed E-state index contributed by atoms with van der Waals surface area (Å²) in [5.41, 5.74) is 1.77. The first kappa shape index (κ1) is 21.2. The normalized spacial score (nSPS) is 15.5. The summed E-state index contributed by atoms with van der Waals surface area (Å²) < 4.78 is 54.5. The molecule has 158 valence electrons. The summed E-state index contributed by atoms with van der Waals surface area (Å²) in [4.78, 5) is 6.55. The summed E-state index contributed by atoms with van der Waals surface area (Å²) in [6.07, 6.45) is 0. The van der Waals surface area contributed by atoms with E-state index >= 15 is 0 Å². The highest BCUT2D eigenvalue weighted by atomic mass is 35.5. The highest BCUT2D eigenvalue weighted by Crippen LogP contribution is 2.30. The van der Waals surface area contributed by atoms with E-state index in [-0.39, 0.29) is 23.0 Å². The summed E-state index contributed by atoms with van der Waals surface area (Å²) in [7, 11) is -3.77. The van der Waals surface area contributed by atoms with E-state index in [0.29, 0.717) is 29.9 Å². The number of piperazine rings is 1. The van der Waals surface area contributed by atoms with Crippen molar-refractivity contribution in [3.63, 3.8) is 0 Å². The maximum atomic E-state index is 13.7. The molecule has 30 heavy (non-hydrogen) atoms. The predicted molar refractivity (Wildman–Crippen MR) is 115 cm³/mol. The molecule has 1 aliphatic heterocycles. The van der Waals surface area contributed by atoms with Crippen molar-refractivity contribution >= 4 is 38.1 Å². The lowest BCUT2D eigenvalue weighted by Crippen LogP contribution is -2.48. The molecule has 0 saturated carbocycles. The van der Waals surface area contributed by atoms with E-state index < -0.39 is 21.7 Å². The van der Waals surface area contributed by atoms with Crippen LogP contribution in [-0.2, 0) is 10.0 Å². The third-order valence-electron chi connectivity index (χ3n) is 4.98. The molecule has 2 heterocycles. The van der Waals surface area contributed by atoms with Gasteiger partial charge >= 0.3 is 0 Å². The SMILES string of the molecule is Cc1ccc(F)cc1S(=O)(=O)N1CCN(c2nc(-c3ccc(Cl)c(F)c3)cs2)CC1. The standard InChI is InChI=1S/C20H18ClF2N3O2S2/c1-13-2-4-15(22)11-19(13)30(27,28)26-8-6-25(7-9-26)20-24-18(12-29-20)14-3-5-16(21)17(23)10-14/h2-5,10-12H,6-9H2,1H3. The van der Waals surface area contributed by atoms with Crippen LogP contribution < -0.4 is 4.90 Å². The second kappa shape index (κ2) is 8.22. The van der Waals surface area contributed by atoms with Gasteiger partial charge in [0.1, 0.15) is 11.6 Å². The Morgan fingerprint density at radius 1 is 1.07 bits per heavy atom. The second-order valence-corrected chi connectivity index (χ2v) is 10.1. The van der Waals surface area contributed by atoms with Crippen molar-refractivity contribution in [2.45, 2.75) is 11.8 Å². The zero-order valence-corrected chi connectivity index (χ0v) is 18.4. The molecule has 0 aliphatic carbocycles. The van der Waals surface area contributed by atoms with Crippen LogP contribution in [0.25, 0.3) is 11.3 Å². The van der Waals surface area contributed by atoms with E-state index in [1.165, 1.54) is 39.9 Å². The molecule has 0 amide bonds. The molecule has 0 N–H and O–H groups in total. The fraction of sp³-hybridized carbons (Fsp3) is 0.250. The number of rotatable bonds is 4. The van der Waals surface area contributed by atoms with E-state index in [9.17, 15) is 17.2 Å². The van der Waals surface area contributed by atoms with Crippen LogP contribution in [0.4, 0.5) is 13.9 Å². The number of hydrogen-bond donors (Lipinski definition) is 0. The highest BCUT2D eigenvalue weighted by molar-refractivity contribution is 7.89. The minimum Gasteiger partial charge on any atom is -0.345 e. The van der Waals surface area contributed by atoms with Crippen LogP contribution in [0.3, 0.4) is 0 Å². The number of thiazole rings is 1. The van der Waals surface area contributed by atoms with Gasteiger partial charge in [0.25, 0.3) is 0 Å². The van der Waals surface area contributed by atoms with E-state index in [1.54, 1.807) is 13.0 Å². The first-order valence-electron chi connectivity index (χ1n) is 9.18. The van der Waals surface area contributed by atoms with Gasteiger partial charge in [-0.25, -0.2) is 22.2 Å². The summed E-state index contributed by atoms with van der Waals surface area (Å²) in [5, 5.41) is 2.62. The molecule has 1 aliphatic rings. The number of nitrogens with zero attached hydrogens (tertiary/aromatic N) is 3. The first-order valence-corrected chi connectivity index (χ1v) is 11.9. The summed E-state index contributed by atoms with van der Waals surface area (Å²) >= 11 is 7.14. The van der Waals surface area contributed by atoms with Gasteiger partial charge in [-0.15, -0.1) is 11.3 Å². The topological polar surface area (TPSA) is 53.5 Å². The molecule has 4 rings (SSSR count). The average molecular weight is 470 g/mol. The number of benzene rings is 2. The Bertz CT molecular complexity index is 1190. The molecule has 0 spiro atoms. The minimum absolute atomic E-state index is 0.00255. The number of sulfonamides is 1. The molecule has 2 aromatic carbocycles. The van der Waals surface area contributed by atoms with Gasteiger partial charge in [0, 0.05) is 37.1 Å². The van der Waals surface area contributed by atoms with Crippen molar-refractivity contribution < 1.29 is 17.2 Å². The highest BCUT2D eigenvalue weighted by Gasteiger charge is 2.30. The summed E-state index contributed by atoms with van der Waals surface area (Å²) in [6.45, 7) is 3.09. The molecule has 1 fully saturated rings. The molecule has 0 atom stereocenters. The monoisotopic (exact) mass is 469 g/mol. The number of halogens is 3. The summed E-state index contributed by atoms with van der Waals surface area (Å²) in [5.74, 6) is -1.08. The predicted octanol–water partition coefficient (Wildman–Crippen LogP) is 4.56. The lowest BCUT2D eigenvalue weighted by molar-refractivity contribution is 0.384. The smallest absolute Gasteiger partial charge is 0.243 e. The number of anilines is 1. The Kier molecular flexibility index (Phi) is 5.80. The molecular weight excluding hydrogens is 452 g/mol. The fourth-order valence-corrected chi connectivity index (χ4v) is 5.97. The van der Waals surface area contributed by atoms with E-state index in [1.807, 2.05) is 10.3 Å². The Hall–Kier alpha value is -2.07. The van der Waals surface area contributed by atoms with Gasteiger partial charge in [-0.3, -0.25) is 0 Å². The Balaban J connectivity index is 1.48. The van der Waals surface area contributed by atoms with Gasteiger partial charge in [-0.2, -0.15) is 4.31 Å². The van der Waals surface area contributed by atoms with Gasteiger partial charge in [-0.1, -0.05) is 23.7 Å². The van der Waals surface area contributed by atoms with E-state index in [4.69, 9.17) is 11.6 Å². The molecule has 3 aromatic rings. The Morgan fingerprint density at radius 2 is 1.80 bits per heavy atom. The van der Waals surface area contributed by atoms with Gasteiger partial charge in [0.2, 0.25) is 10.0 Å². The average Bonchev–Trinajstić information content (AvgIpc) is 3.22. The lowest BCUT2D eigenvalue weighted by Gasteiger charge is -2.34. The molecule has 0 radical (unpaired) electrons. The number of aromatic nitrogens is 1. The lowest BCUT2D eigenvalue weighted by atomic mass is 10.2. The van der Waals surface area contributed by atoms with Gasteiger partial charge in [0.15, 0.2) is 5.13 Å². The van der Waals surface area contributed by atoms with Crippen molar-refractivity contribution in [2.24, 2.45) is 0 Å². The third kappa shape index (κ3) is 4.07. The van der Waals surface area contributed by atoms with Crippen LogP contribution in [0.5, 0.6) is 0 Å². The maximum Gasteiger partial charge on any atom is 0.243 e. The van der Waals surface area contributed by atoms with Crippen molar-refractivity contribution in [3.05, 3.63) is 64.0 Å². The molecule has 1 aromatic heterocycles. The molecule has 5 nitrogen and oxygen atoms in total. The quantitative estimate of drug-likeness (QED) is 0.562. The molecular formula is C20H18ClF2N3O2S2. The summed E-state index contributed by atoms with van der Waals surface area (Å²) in [6, 6.07) is 8.32. The molecule has 0 unspecified atom stereocenters. The molecule has 0 bridgehead atoms. The Morgan fingerprint density at radius 3 is 2.50 bits per heavy atom. The van der Waals surface area contributed by atoms with Gasteiger partial charge in [0.05, 0.1) is 15.6 Å². The zero-order chi connectivity index (χ0) is 21.5. The van der Waals surface area contributed by atoms with Crippen molar-refractivity contribution in [2.75, 3.05) is 31.1 Å². The number of aryl methyl sites for hydroxylation is 1. The zero-order valence-electron chi connectivity index (χ0n) is 16.0. The van der Waals surface area contributed by atoms with Crippen LogP contribution in [-0.4, -0.2) is 43.9 Å². The van der Waals surface area contributed by atoms with Crippen LogP contribution in [0.1, 0.15) is 5.56 Å². The Labute approximate surface area is 182 Å². The minimum atomic E-state index is -3.77. The van der Waals surface area contributed by atoms with Crippen molar-refractivity contribution in [3.8, 4) is 11.3 Å². The van der Waals surface area contributed by atoms with Crippen LogP contribution in [0.2, 0.25) is 5.02 Å².